The van der Waals surface area contributed by atoms with E-state index in [0.29, 0.717) is 12.2 Å². The van der Waals surface area contributed by atoms with E-state index in [4.69, 9.17) is 15.1 Å². The Hall–Kier alpha value is -2.75. The first-order valence-corrected chi connectivity index (χ1v) is 6.55. The van der Waals surface area contributed by atoms with Crippen molar-refractivity contribution in [3.8, 4) is 23.7 Å². The monoisotopic (exact) mass is 277 g/mol. The molecule has 0 saturated carbocycles. The topological polar surface area (TPSA) is 53.2 Å². The van der Waals surface area contributed by atoms with Crippen molar-refractivity contribution in [2.45, 2.75) is 13.5 Å². The lowest BCUT2D eigenvalue weighted by Crippen LogP contribution is -1.96. The lowest BCUT2D eigenvalue weighted by molar-refractivity contribution is 0.306. The smallest absolute Gasteiger partial charge is 0.120 e. The van der Waals surface area contributed by atoms with Gasteiger partial charge in [0.05, 0.1) is 11.6 Å². The summed E-state index contributed by atoms with van der Waals surface area (Å²) in [6, 6.07) is 15.1. The molecule has 0 spiro atoms. The molecule has 0 fully saturated rings. The number of aliphatic hydroxyl groups excluding tert-OH is 1. The molecule has 0 unspecified atom stereocenters. The number of nitriles is 1. The maximum absolute atomic E-state index is 8.86. The number of aliphatic hydroxyl groups is 1. The highest BCUT2D eigenvalue weighted by molar-refractivity contribution is 5.44. The Balaban J connectivity index is 2.07. The molecule has 0 atom stereocenters. The van der Waals surface area contributed by atoms with Gasteiger partial charge in [-0.15, -0.1) is 0 Å². The maximum Gasteiger partial charge on any atom is 0.120 e. The van der Waals surface area contributed by atoms with E-state index in [1.54, 1.807) is 6.07 Å². The van der Waals surface area contributed by atoms with Crippen LogP contribution in [0.1, 0.15) is 22.3 Å². The lowest BCUT2D eigenvalue weighted by atomic mass is 10.1. The molecular formula is C18H15NO2. The van der Waals surface area contributed by atoms with E-state index in [1.165, 1.54) is 0 Å². The number of rotatable bonds is 3. The predicted molar refractivity (Wildman–Crippen MR) is 80.6 cm³/mol. The van der Waals surface area contributed by atoms with Crippen LogP contribution in [0.15, 0.2) is 42.5 Å². The molecule has 2 aromatic carbocycles. The van der Waals surface area contributed by atoms with Gasteiger partial charge < -0.3 is 9.84 Å². The second kappa shape index (κ2) is 7.14. The predicted octanol–water partition coefficient (Wildman–Crippen LogP) is 2.79. The Kier molecular flexibility index (Phi) is 4.99. The molecule has 3 heteroatoms. The van der Waals surface area contributed by atoms with Gasteiger partial charge in [-0.2, -0.15) is 5.26 Å². The van der Waals surface area contributed by atoms with E-state index in [9.17, 15) is 0 Å². The molecule has 0 saturated heterocycles. The van der Waals surface area contributed by atoms with Crippen LogP contribution in [-0.2, 0) is 6.61 Å². The number of ether oxygens (including phenoxy) is 1. The molecule has 2 aromatic rings. The Morgan fingerprint density at radius 1 is 1.19 bits per heavy atom. The van der Waals surface area contributed by atoms with Crippen LogP contribution >= 0.6 is 0 Å². The fourth-order valence-electron chi connectivity index (χ4n) is 1.90. The molecule has 0 aromatic heterocycles. The van der Waals surface area contributed by atoms with Crippen molar-refractivity contribution >= 4 is 0 Å². The van der Waals surface area contributed by atoms with Crippen LogP contribution in [0.5, 0.6) is 5.75 Å². The van der Waals surface area contributed by atoms with Crippen LogP contribution in [0.3, 0.4) is 0 Å². The fourth-order valence-corrected chi connectivity index (χ4v) is 1.90. The number of hydrogen-bond acceptors (Lipinski definition) is 3. The minimum Gasteiger partial charge on any atom is -0.489 e. The highest BCUT2D eigenvalue weighted by Gasteiger charge is 2.01. The first-order chi connectivity index (χ1) is 10.2. The van der Waals surface area contributed by atoms with Gasteiger partial charge in [0.25, 0.3) is 0 Å². The van der Waals surface area contributed by atoms with Gasteiger partial charge in [0.2, 0.25) is 0 Å². The van der Waals surface area contributed by atoms with Crippen LogP contribution in [0.25, 0.3) is 0 Å². The van der Waals surface area contributed by atoms with E-state index in [1.807, 2.05) is 43.3 Å². The molecule has 0 radical (unpaired) electrons. The Labute approximate surface area is 124 Å². The van der Waals surface area contributed by atoms with Crippen molar-refractivity contribution in [3.05, 3.63) is 64.7 Å². The van der Waals surface area contributed by atoms with Crippen LogP contribution in [0.4, 0.5) is 0 Å². The molecule has 104 valence electrons. The second-order valence-electron chi connectivity index (χ2n) is 4.54. The highest BCUT2D eigenvalue weighted by Crippen LogP contribution is 2.18. The summed E-state index contributed by atoms with van der Waals surface area (Å²) in [5.41, 5.74) is 3.46. The van der Waals surface area contributed by atoms with Crippen molar-refractivity contribution in [1.82, 2.24) is 0 Å². The van der Waals surface area contributed by atoms with Gasteiger partial charge in [0, 0.05) is 5.56 Å². The SMILES string of the molecule is Cc1cc(OCc2cccc(C#N)c2)ccc1C#CCO. The van der Waals surface area contributed by atoms with E-state index in [-0.39, 0.29) is 6.61 Å². The molecule has 0 amide bonds. The van der Waals surface area contributed by atoms with Crippen molar-refractivity contribution in [3.63, 3.8) is 0 Å². The van der Waals surface area contributed by atoms with Crippen molar-refractivity contribution in [2.24, 2.45) is 0 Å². The third-order valence-corrected chi connectivity index (χ3v) is 2.96. The molecule has 3 nitrogen and oxygen atoms in total. The summed E-state index contributed by atoms with van der Waals surface area (Å²) in [5, 5.41) is 17.6. The van der Waals surface area contributed by atoms with E-state index >= 15 is 0 Å². The van der Waals surface area contributed by atoms with Crippen LogP contribution < -0.4 is 4.74 Å². The Morgan fingerprint density at radius 2 is 2.05 bits per heavy atom. The molecule has 0 aliphatic heterocycles. The quantitative estimate of drug-likeness (QED) is 0.878. The lowest BCUT2D eigenvalue weighted by Gasteiger charge is -2.08. The third kappa shape index (κ3) is 4.11. The standard InChI is InChI=1S/C18H15NO2/c1-14-10-18(8-7-17(14)6-3-9-20)21-13-16-5-2-4-15(11-16)12-19/h2,4-5,7-8,10-11,20H,9,13H2,1H3. The fraction of sp³-hybridized carbons (Fsp3) is 0.167. The Bertz CT molecular complexity index is 733. The molecular weight excluding hydrogens is 262 g/mol. The minimum atomic E-state index is -0.146. The number of benzene rings is 2. The van der Waals surface area contributed by atoms with E-state index in [0.717, 1.165) is 22.4 Å². The summed E-state index contributed by atoms with van der Waals surface area (Å²) in [6.07, 6.45) is 0. The van der Waals surface area contributed by atoms with Gasteiger partial charge in [0.1, 0.15) is 19.0 Å². The maximum atomic E-state index is 8.86. The largest absolute Gasteiger partial charge is 0.489 e. The summed E-state index contributed by atoms with van der Waals surface area (Å²) in [5.74, 6) is 6.27. The van der Waals surface area contributed by atoms with Gasteiger partial charge in [0.15, 0.2) is 0 Å². The second-order valence-corrected chi connectivity index (χ2v) is 4.54. The third-order valence-electron chi connectivity index (χ3n) is 2.96. The first kappa shape index (κ1) is 14.7. The average molecular weight is 277 g/mol. The van der Waals surface area contributed by atoms with Crippen LogP contribution in [0, 0.1) is 30.1 Å². The van der Waals surface area contributed by atoms with Gasteiger partial charge in [-0.05, 0) is 48.4 Å². The summed E-state index contributed by atoms with van der Waals surface area (Å²) >= 11 is 0. The van der Waals surface area contributed by atoms with Crippen LogP contribution in [0.2, 0.25) is 0 Å². The molecule has 0 aliphatic rings. The van der Waals surface area contributed by atoms with Crippen LogP contribution in [-0.4, -0.2) is 11.7 Å². The Morgan fingerprint density at radius 3 is 2.76 bits per heavy atom. The van der Waals surface area contributed by atoms with Gasteiger partial charge in [-0.1, -0.05) is 24.0 Å². The summed E-state index contributed by atoms with van der Waals surface area (Å²) < 4.78 is 5.72. The van der Waals surface area contributed by atoms with Crippen molar-refractivity contribution in [1.29, 1.82) is 5.26 Å². The zero-order valence-corrected chi connectivity index (χ0v) is 11.8. The number of hydrogen-bond donors (Lipinski definition) is 1. The molecule has 21 heavy (non-hydrogen) atoms. The summed E-state index contributed by atoms with van der Waals surface area (Å²) in [4.78, 5) is 0. The van der Waals surface area contributed by atoms with E-state index in [2.05, 4.69) is 17.9 Å². The first-order valence-electron chi connectivity index (χ1n) is 6.55. The molecule has 0 bridgehead atoms. The zero-order chi connectivity index (χ0) is 15.1. The van der Waals surface area contributed by atoms with Gasteiger partial charge in [-0.25, -0.2) is 0 Å². The molecule has 1 N–H and O–H groups in total. The molecule has 0 heterocycles. The molecule has 0 aliphatic carbocycles. The van der Waals surface area contributed by atoms with Gasteiger partial charge in [-0.3, -0.25) is 0 Å². The molecule has 2 rings (SSSR count). The van der Waals surface area contributed by atoms with E-state index < -0.39 is 0 Å². The van der Waals surface area contributed by atoms with Gasteiger partial charge >= 0.3 is 0 Å². The zero-order valence-electron chi connectivity index (χ0n) is 11.8. The minimum absolute atomic E-state index is 0.146. The number of aryl methyl sites for hydroxylation is 1. The normalized spacial score (nSPS) is 9.38. The summed E-state index contributed by atoms with van der Waals surface area (Å²) in [6.45, 7) is 2.22. The average Bonchev–Trinajstić information content (AvgIpc) is 2.52. The highest BCUT2D eigenvalue weighted by atomic mass is 16.5. The summed E-state index contributed by atoms with van der Waals surface area (Å²) in [7, 11) is 0. The number of nitrogens with zero attached hydrogens (tertiary/aromatic N) is 1. The van der Waals surface area contributed by atoms with Crippen molar-refractivity contribution in [2.75, 3.05) is 6.61 Å². The van der Waals surface area contributed by atoms with Crippen molar-refractivity contribution < 1.29 is 9.84 Å².